The van der Waals surface area contributed by atoms with Gasteiger partial charge in [0.2, 0.25) is 0 Å². The van der Waals surface area contributed by atoms with E-state index in [0.29, 0.717) is 12.4 Å². The van der Waals surface area contributed by atoms with Crippen LogP contribution in [0.5, 0.6) is 11.5 Å². The zero-order chi connectivity index (χ0) is 19.9. The van der Waals surface area contributed by atoms with Gasteiger partial charge in [0.1, 0.15) is 24.8 Å². The van der Waals surface area contributed by atoms with Crippen LogP contribution in [0.1, 0.15) is 31.9 Å². The van der Waals surface area contributed by atoms with Crippen molar-refractivity contribution >= 4 is 0 Å². The van der Waals surface area contributed by atoms with Crippen LogP contribution < -0.4 is 9.47 Å². The summed E-state index contributed by atoms with van der Waals surface area (Å²) in [4.78, 5) is 0. The molecule has 0 radical (unpaired) electrons. The summed E-state index contributed by atoms with van der Waals surface area (Å²) in [7, 11) is 0. The summed E-state index contributed by atoms with van der Waals surface area (Å²) in [6.45, 7) is 5.42. The first-order chi connectivity index (χ1) is 12.9. The third-order valence-electron chi connectivity index (χ3n) is 4.60. The highest BCUT2D eigenvalue weighted by Crippen LogP contribution is 2.33. The van der Waals surface area contributed by atoms with Crippen molar-refractivity contribution in [2.75, 3.05) is 26.5 Å². The van der Waals surface area contributed by atoms with Gasteiger partial charge >= 0.3 is 0 Å². The highest BCUT2D eigenvalue weighted by molar-refractivity contribution is 5.41. The molecule has 2 aromatic carbocycles. The molecule has 0 heterocycles. The topological polar surface area (TPSA) is 38.7 Å². The van der Waals surface area contributed by atoms with Crippen LogP contribution in [0.4, 0.5) is 8.78 Å². The minimum Gasteiger partial charge on any atom is -0.493 e. The largest absolute Gasteiger partial charge is 0.493 e. The Morgan fingerprint density at radius 3 is 1.74 bits per heavy atom. The molecule has 0 aliphatic carbocycles. The number of benzene rings is 2. The Balaban J connectivity index is 2.04. The molecule has 0 aromatic heterocycles. The molecule has 0 aliphatic rings. The summed E-state index contributed by atoms with van der Waals surface area (Å²) >= 11 is 0. The number of ether oxygens (including phenoxy) is 2. The van der Waals surface area contributed by atoms with Crippen molar-refractivity contribution in [1.29, 1.82) is 0 Å². The summed E-state index contributed by atoms with van der Waals surface area (Å²) in [6, 6.07) is 15.3. The molecule has 148 valence electrons. The molecule has 0 fully saturated rings. The van der Waals surface area contributed by atoms with Gasteiger partial charge in [-0.2, -0.15) is 0 Å². The maximum atomic E-state index is 12.9. The van der Waals surface area contributed by atoms with Crippen molar-refractivity contribution in [2.45, 2.75) is 32.4 Å². The minimum absolute atomic E-state index is 0.0967. The molecular formula is C22H28F2O3. The zero-order valence-corrected chi connectivity index (χ0v) is 16.1. The predicted molar refractivity (Wildman–Crippen MR) is 103 cm³/mol. The summed E-state index contributed by atoms with van der Waals surface area (Å²) in [5, 5.41) is 9.06. The number of aliphatic hydroxyl groups excluding tert-OH is 1. The van der Waals surface area contributed by atoms with Gasteiger partial charge in [-0.05, 0) is 35.4 Å². The molecule has 2 atom stereocenters. The second kappa shape index (κ2) is 9.70. The van der Waals surface area contributed by atoms with E-state index in [1.165, 1.54) is 0 Å². The smallest absolute Gasteiger partial charge is 0.162 e. The average molecular weight is 378 g/mol. The number of hydrogen-bond acceptors (Lipinski definition) is 3. The monoisotopic (exact) mass is 378 g/mol. The van der Waals surface area contributed by atoms with Crippen LogP contribution in [0.25, 0.3) is 0 Å². The minimum atomic E-state index is -1.60. The van der Waals surface area contributed by atoms with Gasteiger partial charge in [-0.15, -0.1) is 0 Å². The van der Waals surface area contributed by atoms with E-state index in [2.05, 4.69) is 13.8 Å². The molecule has 0 amide bonds. The maximum Gasteiger partial charge on any atom is 0.162 e. The van der Waals surface area contributed by atoms with E-state index in [-0.39, 0.29) is 24.5 Å². The number of aliphatic hydroxyl groups is 1. The number of alkyl halides is 2. The second-order valence-electron chi connectivity index (χ2n) is 7.34. The van der Waals surface area contributed by atoms with Gasteiger partial charge in [-0.3, -0.25) is 0 Å². The van der Waals surface area contributed by atoms with E-state index in [4.69, 9.17) is 14.6 Å². The first-order valence-electron chi connectivity index (χ1n) is 9.14. The lowest BCUT2D eigenvalue weighted by atomic mass is 9.78. The maximum absolute atomic E-state index is 12.9. The number of rotatable bonds is 10. The Hall–Kier alpha value is -2.14. The molecule has 0 aliphatic heterocycles. The lowest BCUT2D eigenvalue weighted by Gasteiger charge is -2.26. The average Bonchev–Trinajstić information content (AvgIpc) is 2.70. The fourth-order valence-electron chi connectivity index (χ4n) is 2.62. The highest BCUT2D eigenvalue weighted by atomic mass is 19.2. The highest BCUT2D eigenvalue weighted by Gasteiger charge is 2.23. The molecule has 27 heavy (non-hydrogen) atoms. The standard InChI is InChI=1S/C22H28F2O3/c1-16(13-25)14-26-20-8-4-17(5-9-20)22(2,3)18-6-10-21(11-7-18)27-15-19(24)12-23/h4-11,16,19,25H,12-15H2,1-3H3. The van der Waals surface area contributed by atoms with Gasteiger partial charge < -0.3 is 14.6 Å². The van der Waals surface area contributed by atoms with E-state index in [0.717, 1.165) is 16.9 Å². The van der Waals surface area contributed by atoms with E-state index in [1.807, 2.05) is 43.3 Å². The fourth-order valence-corrected chi connectivity index (χ4v) is 2.62. The SMILES string of the molecule is CC(CO)COc1ccc(C(C)(C)c2ccc(OCC(F)CF)cc2)cc1. The first-order valence-corrected chi connectivity index (χ1v) is 9.14. The van der Waals surface area contributed by atoms with Crippen molar-refractivity contribution in [3.05, 3.63) is 59.7 Å². The zero-order valence-electron chi connectivity index (χ0n) is 16.1. The summed E-state index contributed by atoms with van der Waals surface area (Å²) in [5.74, 6) is 1.39. The molecule has 2 rings (SSSR count). The summed E-state index contributed by atoms with van der Waals surface area (Å²) in [6.07, 6.45) is -1.60. The fraction of sp³-hybridized carbons (Fsp3) is 0.455. The van der Waals surface area contributed by atoms with E-state index in [1.54, 1.807) is 12.1 Å². The van der Waals surface area contributed by atoms with Crippen LogP contribution in [0.3, 0.4) is 0 Å². The predicted octanol–water partition coefficient (Wildman–Crippen LogP) is 4.71. The quantitative estimate of drug-likeness (QED) is 0.651. The lowest BCUT2D eigenvalue weighted by Crippen LogP contribution is -2.19. The van der Waals surface area contributed by atoms with Gasteiger partial charge in [0.05, 0.1) is 6.61 Å². The van der Waals surface area contributed by atoms with E-state index in [9.17, 15) is 8.78 Å². The van der Waals surface area contributed by atoms with Crippen LogP contribution in [-0.4, -0.2) is 37.8 Å². The van der Waals surface area contributed by atoms with Crippen molar-refractivity contribution in [3.63, 3.8) is 0 Å². The molecule has 1 N–H and O–H groups in total. The molecule has 0 spiro atoms. The molecule has 0 saturated heterocycles. The van der Waals surface area contributed by atoms with Gasteiger partial charge in [0.15, 0.2) is 6.17 Å². The van der Waals surface area contributed by atoms with Crippen molar-refractivity contribution in [1.82, 2.24) is 0 Å². The van der Waals surface area contributed by atoms with Crippen LogP contribution in [0.15, 0.2) is 48.5 Å². The molecule has 3 nitrogen and oxygen atoms in total. The number of hydrogen-bond donors (Lipinski definition) is 1. The van der Waals surface area contributed by atoms with E-state index < -0.39 is 12.8 Å². The van der Waals surface area contributed by atoms with Gasteiger partial charge in [-0.25, -0.2) is 8.78 Å². The van der Waals surface area contributed by atoms with Gasteiger partial charge in [0, 0.05) is 17.9 Å². The third kappa shape index (κ3) is 5.93. The second-order valence-corrected chi connectivity index (χ2v) is 7.34. The van der Waals surface area contributed by atoms with Gasteiger partial charge in [0.25, 0.3) is 0 Å². The third-order valence-corrected chi connectivity index (χ3v) is 4.60. The van der Waals surface area contributed by atoms with Crippen LogP contribution in [-0.2, 0) is 5.41 Å². The Labute approximate surface area is 159 Å². The molecule has 2 aromatic rings. The van der Waals surface area contributed by atoms with Crippen molar-refractivity contribution in [3.8, 4) is 11.5 Å². The number of halogens is 2. The van der Waals surface area contributed by atoms with Gasteiger partial charge in [-0.1, -0.05) is 45.0 Å². The lowest BCUT2D eigenvalue weighted by molar-refractivity contribution is 0.166. The van der Waals surface area contributed by atoms with E-state index >= 15 is 0 Å². The molecule has 0 saturated carbocycles. The Bertz CT molecular complexity index is 624. The van der Waals surface area contributed by atoms with Crippen molar-refractivity contribution in [2.24, 2.45) is 5.92 Å². The summed E-state index contributed by atoms with van der Waals surface area (Å²) in [5.41, 5.74) is 1.97. The normalized spacial score (nSPS) is 13.9. The Kier molecular flexibility index (Phi) is 7.60. The molecule has 5 heteroatoms. The molecule has 2 unspecified atom stereocenters. The van der Waals surface area contributed by atoms with Crippen molar-refractivity contribution < 1.29 is 23.4 Å². The van der Waals surface area contributed by atoms with Crippen LogP contribution in [0.2, 0.25) is 0 Å². The first kappa shape index (κ1) is 21.2. The summed E-state index contributed by atoms with van der Waals surface area (Å²) < 4.78 is 36.0. The van der Waals surface area contributed by atoms with Crippen LogP contribution in [0, 0.1) is 5.92 Å². The Morgan fingerprint density at radius 2 is 1.33 bits per heavy atom. The van der Waals surface area contributed by atoms with Crippen LogP contribution >= 0.6 is 0 Å². The Morgan fingerprint density at radius 1 is 0.889 bits per heavy atom. The molecular weight excluding hydrogens is 350 g/mol. The molecule has 0 bridgehead atoms.